The Morgan fingerprint density at radius 1 is 1.12 bits per heavy atom. The van der Waals surface area contributed by atoms with Crippen LogP contribution in [0.15, 0.2) is 65.3 Å². The summed E-state index contributed by atoms with van der Waals surface area (Å²) in [4.78, 5) is 24.1. The average Bonchev–Trinajstić information content (AvgIpc) is 3.06. The first-order valence-corrected chi connectivity index (χ1v) is 8.31. The Kier molecular flexibility index (Phi) is 4.87. The first-order valence-electron chi connectivity index (χ1n) is 7.51. The number of rotatable bonds is 4. The van der Waals surface area contributed by atoms with Gasteiger partial charge in [0.15, 0.2) is 5.69 Å². The fraction of sp³-hybridized carbons (Fsp3) is 0. The standard InChI is InChI=1S/C19H12BrN3O3/c20-14-6-4-13(5-7-14)18(24)22-16-8-9-23(17(16)19(25)26)15-3-1-2-12(10-15)11-21/h1-10H,(H,22,24)(H,25,26). The predicted octanol–water partition coefficient (Wildman–Crippen LogP) is 4.06. The number of carboxylic acids is 1. The molecule has 1 amide bonds. The lowest BCUT2D eigenvalue weighted by Gasteiger charge is -2.09. The van der Waals surface area contributed by atoms with Gasteiger partial charge in [-0.2, -0.15) is 5.26 Å². The summed E-state index contributed by atoms with van der Waals surface area (Å²) in [6, 6.07) is 16.8. The minimum absolute atomic E-state index is 0.0921. The highest BCUT2D eigenvalue weighted by Gasteiger charge is 2.19. The molecule has 26 heavy (non-hydrogen) atoms. The zero-order chi connectivity index (χ0) is 18.7. The van der Waals surface area contributed by atoms with Crippen molar-refractivity contribution in [1.82, 2.24) is 4.57 Å². The molecule has 0 fully saturated rings. The normalized spacial score (nSPS) is 10.2. The number of nitrogens with zero attached hydrogens (tertiary/aromatic N) is 2. The molecule has 128 valence electrons. The van der Waals surface area contributed by atoms with Crippen molar-refractivity contribution in [2.45, 2.75) is 0 Å². The molecule has 1 aromatic heterocycles. The van der Waals surface area contributed by atoms with Gasteiger partial charge < -0.3 is 15.0 Å². The highest BCUT2D eigenvalue weighted by atomic mass is 79.9. The number of carbonyl (C=O) groups excluding carboxylic acids is 1. The number of nitrogens with one attached hydrogen (secondary N) is 1. The molecule has 0 aliphatic heterocycles. The summed E-state index contributed by atoms with van der Waals surface area (Å²) in [5.74, 6) is -1.60. The summed E-state index contributed by atoms with van der Waals surface area (Å²) in [7, 11) is 0. The summed E-state index contributed by atoms with van der Waals surface area (Å²) in [5, 5.41) is 21.2. The Bertz CT molecular complexity index is 1030. The largest absolute Gasteiger partial charge is 0.476 e. The summed E-state index contributed by atoms with van der Waals surface area (Å²) in [6.07, 6.45) is 1.54. The molecule has 2 aromatic carbocycles. The van der Waals surface area contributed by atoms with E-state index in [1.54, 1.807) is 48.5 Å². The molecule has 0 spiro atoms. The highest BCUT2D eigenvalue weighted by Crippen LogP contribution is 2.23. The van der Waals surface area contributed by atoms with Crippen molar-refractivity contribution < 1.29 is 14.7 Å². The SMILES string of the molecule is N#Cc1cccc(-n2ccc(NC(=O)c3ccc(Br)cc3)c2C(=O)O)c1. The topological polar surface area (TPSA) is 95.1 Å². The number of anilines is 1. The predicted molar refractivity (Wildman–Crippen MR) is 99.5 cm³/mol. The third kappa shape index (κ3) is 3.50. The molecule has 7 heteroatoms. The number of hydrogen-bond acceptors (Lipinski definition) is 3. The molecule has 0 radical (unpaired) electrons. The molecule has 0 saturated carbocycles. The van der Waals surface area contributed by atoms with E-state index < -0.39 is 11.9 Å². The number of nitriles is 1. The van der Waals surface area contributed by atoms with Crippen molar-refractivity contribution >= 4 is 33.5 Å². The van der Waals surface area contributed by atoms with E-state index in [2.05, 4.69) is 21.2 Å². The second-order valence-electron chi connectivity index (χ2n) is 5.38. The Morgan fingerprint density at radius 3 is 2.50 bits per heavy atom. The van der Waals surface area contributed by atoms with E-state index in [9.17, 15) is 14.7 Å². The van der Waals surface area contributed by atoms with Gasteiger partial charge in [0.25, 0.3) is 5.91 Å². The van der Waals surface area contributed by atoms with Crippen molar-refractivity contribution in [3.8, 4) is 11.8 Å². The Balaban J connectivity index is 1.97. The molecular formula is C19H12BrN3O3. The van der Waals surface area contributed by atoms with Crippen LogP contribution in [-0.2, 0) is 0 Å². The van der Waals surface area contributed by atoms with E-state index in [1.807, 2.05) is 6.07 Å². The van der Waals surface area contributed by atoms with Crippen LogP contribution >= 0.6 is 15.9 Å². The van der Waals surface area contributed by atoms with Crippen LogP contribution in [0.5, 0.6) is 0 Å². The molecule has 1 heterocycles. The molecule has 0 aliphatic carbocycles. The van der Waals surface area contributed by atoms with Crippen molar-refractivity contribution in [2.24, 2.45) is 0 Å². The zero-order valence-electron chi connectivity index (χ0n) is 13.3. The third-order valence-corrected chi connectivity index (χ3v) is 4.23. The monoisotopic (exact) mass is 409 g/mol. The van der Waals surface area contributed by atoms with Crippen molar-refractivity contribution in [1.29, 1.82) is 5.26 Å². The first kappa shape index (κ1) is 17.5. The van der Waals surface area contributed by atoms with Gasteiger partial charge in [0, 0.05) is 21.9 Å². The minimum atomic E-state index is -1.19. The van der Waals surface area contributed by atoms with Crippen LogP contribution in [0, 0.1) is 11.3 Å². The van der Waals surface area contributed by atoms with Crippen LogP contribution in [0.2, 0.25) is 0 Å². The molecule has 3 rings (SSSR count). The van der Waals surface area contributed by atoms with Crippen LogP contribution < -0.4 is 5.32 Å². The molecule has 3 aromatic rings. The molecule has 0 atom stereocenters. The number of amides is 1. The van der Waals surface area contributed by atoms with E-state index >= 15 is 0 Å². The Hall–Kier alpha value is -3.37. The van der Waals surface area contributed by atoms with Crippen LogP contribution in [0.4, 0.5) is 5.69 Å². The molecule has 2 N–H and O–H groups in total. The molecular weight excluding hydrogens is 398 g/mol. The van der Waals surface area contributed by atoms with E-state index in [0.29, 0.717) is 16.8 Å². The summed E-state index contributed by atoms with van der Waals surface area (Å²) in [6.45, 7) is 0. The van der Waals surface area contributed by atoms with Gasteiger partial charge in [-0.1, -0.05) is 22.0 Å². The Labute approximate surface area is 157 Å². The van der Waals surface area contributed by atoms with Gasteiger partial charge in [0.05, 0.1) is 17.3 Å². The average molecular weight is 410 g/mol. The van der Waals surface area contributed by atoms with Crippen LogP contribution in [0.25, 0.3) is 5.69 Å². The van der Waals surface area contributed by atoms with E-state index in [0.717, 1.165) is 4.47 Å². The number of carbonyl (C=O) groups is 2. The van der Waals surface area contributed by atoms with Gasteiger partial charge in [0.2, 0.25) is 0 Å². The maximum absolute atomic E-state index is 12.4. The lowest BCUT2D eigenvalue weighted by atomic mass is 10.2. The van der Waals surface area contributed by atoms with Gasteiger partial charge in [-0.15, -0.1) is 0 Å². The molecule has 0 unspecified atom stereocenters. The van der Waals surface area contributed by atoms with Crippen molar-refractivity contribution in [2.75, 3.05) is 5.32 Å². The summed E-state index contributed by atoms with van der Waals surface area (Å²) < 4.78 is 2.25. The molecule has 0 aliphatic rings. The third-order valence-electron chi connectivity index (χ3n) is 3.70. The van der Waals surface area contributed by atoms with Crippen LogP contribution in [-0.4, -0.2) is 21.6 Å². The highest BCUT2D eigenvalue weighted by molar-refractivity contribution is 9.10. The van der Waals surface area contributed by atoms with E-state index in [1.165, 1.54) is 16.8 Å². The van der Waals surface area contributed by atoms with Crippen molar-refractivity contribution in [3.05, 3.63) is 82.1 Å². The minimum Gasteiger partial charge on any atom is -0.476 e. The number of carboxylic acid groups (broad SMARTS) is 1. The lowest BCUT2D eigenvalue weighted by Crippen LogP contribution is -2.15. The van der Waals surface area contributed by atoms with E-state index in [4.69, 9.17) is 5.26 Å². The van der Waals surface area contributed by atoms with Gasteiger partial charge in [-0.05, 0) is 48.5 Å². The summed E-state index contributed by atoms with van der Waals surface area (Å²) >= 11 is 3.30. The lowest BCUT2D eigenvalue weighted by molar-refractivity contribution is 0.0689. The zero-order valence-corrected chi connectivity index (χ0v) is 14.9. The van der Waals surface area contributed by atoms with Gasteiger partial charge in [-0.25, -0.2) is 4.79 Å². The summed E-state index contributed by atoms with van der Waals surface area (Å²) in [5.41, 5.74) is 1.42. The molecule has 0 bridgehead atoms. The van der Waals surface area contributed by atoms with Crippen LogP contribution in [0.1, 0.15) is 26.4 Å². The van der Waals surface area contributed by atoms with Gasteiger partial charge in [0.1, 0.15) is 0 Å². The van der Waals surface area contributed by atoms with Gasteiger partial charge >= 0.3 is 5.97 Å². The second kappa shape index (κ2) is 7.25. The maximum Gasteiger partial charge on any atom is 0.355 e. The fourth-order valence-corrected chi connectivity index (χ4v) is 2.75. The first-order chi connectivity index (χ1) is 12.5. The fourth-order valence-electron chi connectivity index (χ4n) is 2.49. The van der Waals surface area contributed by atoms with Crippen LogP contribution in [0.3, 0.4) is 0 Å². The number of benzene rings is 2. The molecule has 6 nitrogen and oxygen atoms in total. The smallest absolute Gasteiger partial charge is 0.355 e. The molecule has 0 saturated heterocycles. The number of aromatic carboxylic acids is 1. The Morgan fingerprint density at radius 2 is 1.85 bits per heavy atom. The number of hydrogen-bond donors (Lipinski definition) is 2. The quantitative estimate of drug-likeness (QED) is 0.678. The number of halogens is 1. The maximum atomic E-state index is 12.4. The van der Waals surface area contributed by atoms with Gasteiger partial charge in [-0.3, -0.25) is 4.79 Å². The van der Waals surface area contributed by atoms with Crippen molar-refractivity contribution in [3.63, 3.8) is 0 Å². The van der Waals surface area contributed by atoms with E-state index in [-0.39, 0.29) is 11.4 Å². The number of aromatic nitrogens is 1. The second-order valence-corrected chi connectivity index (χ2v) is 6.29.